The molecule has 5 nitrogen and oxygen atoms in total. The van der Waals surface area contributed by atoms with Gasteiger partial charge in [-0.2, -0.15) is 0 Å². The highest BCUT2D eigenvalue weighted by molar-refractivity contribution is 6.30. The second-order valence-electron chi connectivity index (χ2n) is 7.85. The van der Waals surface area contributed by atoms with E-state index in [0.717, 1.165) is 6.42 Å². The molecule has 2 amide bonds. The van der Waals surface area contributed by atoms with Gasteiger partial charge in [-0.15, -0.1) is 0 Å². The Morgan fingerprint density at radius 1 is 1.28 bits per heavy atom. The zero-order chi connectivity index (χ0) is 18.8. The maximum atomic E-state index is 13.0. The molecule has 1 aromatic rings. The number of nitrogens with one attached hydrogen (secondary N) is 1. The summed E-state index contributed by atoms with van der Waals surface area (Å²) < 4.78 is 0. The first kappa shape index (κ1) is 19.7. The fourth-order valence-corrected chi connectivity index (χ4v) is 3.22. The normalized spacial score (nSPS) is 21.1. The molecule has 1 fully saturated rings. The lowest BCUT2D eigenvalue weighted by Crippen LogP contribution is -2.59. The summed E-state index contributed by atoms with van der Waals surface area (Å²) in [4.78, 5) is 27.3. The molecule has 1 saturated heterocycles. The molecule has 1 aliphatic heterocycles. The standard InChI is InChI=1S/C19H28ClN3O2/c1-12(2)16(22-17(24)13-5-7-14(20)8-6-13)18(25)23-10-9-15(21)19(3,4)11-23/h5-8,12,15-16H,9-11,21H2,1-4H3,(H,22,24). The molecule has 2 unspecified atom stereocenters. The van der Waals surface area contributed by atoms with Crippen LogP contribution >= 0.6 is 11.6 Å². The van der Waals surface area contributed by atoms with Gasteiger partial charge in [0, 0.05) is 29.7 Å². The van der Waals surface area contributed by atoms with Crippen molar-refractivity contribution in [2.75, 3.05) is 13.1 Å². The van der Waals surface area contributed by atoms with Crippen LogP contribution in [-0.4, -0.2) is 41.9 Å². The van der Waals surface area contributed by atoms with Gasteiger partial charge in [-0.25, -0.2) is 0 Å². The number of piperidine rings is 1. The summed E-state index contributed by atoms with van der Waals surface area (Å²) in [6.07, 6.45) is 0.773. The highest BCUT2D eigenvalue weighted by Gasteiger charge is 2.38. The Morgan fingerprint density at radius 2 is 1.88 bits per heavy atom. The van der Waals surface area contributed by atoms with Crippen LogP contribution in [0.3, 0.4) is 0 Å². The van der Waals surface area contributed by atoms with Gasteiger partial charge in [-0.05, 0) is 42.0 Å². The second-order valence-corrected chi connectivity index (χ2v) is 8.28. The smallest absolute Gasteiger partial charge is 0.251 e. The van der Waals surface area contributed by atoms with Crippen LogP contribution in [0.4, 0.5) is 0 Å². The summed E-state index contributed by atoms with van der Waals surface area (Å²) in [6, 6.07) is 6.16. The number of nitrogens with zero attached hydrogens (tertiary/aromatic N) is 1. The van der Waals surface area contributed by atoms with Crippen LogP contribution in [0.25, 0.3) is 0 Å². The Morgan fingerprint density at radius 3 is 2.40 bits per heavy atom. The second kappa shape index (κ2) is 7.75. The van der Waals surface area contributed by atoms with Crippen LogP contribution in [0, 0.1) is 11.3 Å². The van der Waals surface area contributed by atoms with Crippen molar-refractivity contribution >= 4 is 23.4 Å². The number of amides is 2. The van der Waals surface area contributed by atoms with E-state index in [1.807, 2.05) is 18.7 Å². The summed E-state index contributed by atoms with van der Waals surface area (Å²) >= 11 is 5.86. The molecule has 0 radical (unpaired) electrons. The maximum Gasteiger partial charge on any atom is 0.251 e. The fraction of sp³-hybridized carbons (Fsp3) is 0.579. The van der Waals surface area contributed by atoms with Crippen LogP contribution in [-0.2, 0) is 4.79 Å². The Bertz CT molecular complexity index is 628. The molecule has 3 N–H and O–H groups in total. The molecule has 1 aromatic carbocycles. The number of carbonyl (C=O) groups excluding carboxylic acids is 2. The number of halogens is 1. The van der Waals surface area contributed by atoms with E-state index < -0.39 is 6.04 Å². The van der Waals surface area contributed by atoms with Crippen molar-refractivity contribution in [2.24, 2.45) is 17.1 Å². The molecule has 2 rings (SSSR count). The van der Waals surface area contributed by atoms with E-state index in [-0.39, 0.29) is 29.2 Å². The number of rotatable bonds is 4. The van der Waals surface area contributed by atoms with Crippen LogP contribution in [0.5, 0.6) is 0 Å². The van der Waals surface area contributed by atoms with Gasteiger partial charge in [0.1, 0.15) is 6.04 Å². The average Bonchev–Trinajstić information content (AvgIpc) is 2.54. The summed E-state index contributed by atoms with van der Waals surface area (Å²) in [5, 5.41) is 3.45. The van der Waals surface area contributed by atoms with Crippen molar-refractivity contribution in [3.63, 3.8) is 0 Å². The molecule has 1 heterocycles. The molecule has 0 spiro atoms. The third-order valence-electron chi connectivity index (χ3n) is 4.95. The van der Waals surface area contributed by atoms with Gasteiger partial charge >= 0.3 is 0 Å². The minimum Gasteiger partial charge on any atom is -0.340 e. The number of carbonyl (C=O) groups is 2. The van der Waals surface area contributed by atoms with Crippen LogP contribution in [0.15, 0.2) is 24.3 Å². The lowest BCUT2D eigenvalue weighted by atomic mass is 9.79. The van der Waals surface area contributed by atoms with Gasteiger partial charge in [0.2, 0.25) is 5.91 Å². The molecular weight excluding hydrogens is 338 g/mol. The van der Waals surface area contributed by atoms with Crippen molar-refractivity contribution in [2.45, 2.75) is 46.2 Å². The molecule has 25 heavy (non-hydrogen) atoms. The van der Waals surface area contributed by atoms with Crippen LogP contribution in [0.2, 0.25) is 5.02 Å². The summed E-state index contributed by atoms with van der Waals surface area (Å²) in [5.74, 6) is -0.323. The maximum absolute atomic E-state index is 13.0. The molecule has 0 bridgehead atoms. The number of nitrogens with two attached hydrogens (primary N) is 1. The van der Waals surface area contributed by atoms with E-state index in [2.05, 4.69) is 19.2 Å². The Hall–Kier alpha value is -1.59. The highest BCUT2D eigenvalue weighted by atomic mass is 35.5. The first-order valence-corrected chi connectivity index (χ1v) is 9.10. The van der Waals surface area contributed by atoms with Gasteiger partial charge in [0.05, 0.1) is 0 Å². The Balaban J connectivity index is 2.10. The number of likely N-dealkylation sites (tertiary alicyclic amines) is 1. The van der Waals surface area contributed by atoms with Crippen molar-refractivity contribution in [1.29, 1.82) is 0 Å². The molecule has 2 atom stereocenters. The van der Waals surface area contributed by atoms with Crippen LogP contribution in [0.1, 0.15) is 44.5 Å². The van der Waals surface area contributed by atoms with Crippen molar-refractivity contribution in [3.8, 4) is 0 Å². The topological polar surface area (TPSA) is 75.4 Å². The largest absolute Gasteiger partial charge is 0.340 e. The summed E-state index contributed by atoms with van der Waals surface area (Å²) in [7, 11) is 0. The van der Waals surface area contributed by atoms with E-state index in [9.17, 15) is 9.59 Å². The lowest BCUT2D eigenvalue weighted by Gasteiger charge is -2.44. The number of hydrogen-bond donors (Lipinski definition) is 2. The van der Waals surface area contributed by atoms with E-state index in [1.54, 1.807) is 24.3 Å². The molecular formula is C19H28ClN3O2. The van der Waals surface area contributed by atoms with Crippen molar-refractivity contribution < 1.29 is 9.59 Å². The molecule has 6 heteroatoms. The van der Waals surface area contributed by atoms with E-state index in [0.29, 0.717) is 23.7 Å². The molecule has 0 aliphatic carbocycles. The zero-order valence-corrected chi connectivity index (χ0v) is 16.1. The Kier molecular flexibility index (Phi) is 6.12. The zero-order valence-electron chi connectivity index (χ0n) is 15.4. The Labute approximate surface area is 154 Å². The van der Waals surface area contributed by atoms with Gasteiger partial charge < -0.3 is 16.0 Å². The molecule has 138 valence electrons. The van der Waals surface area contributed by atoms with Gasteiger partial charge in [0.15, 0.2) is 0 Å². The van der Waals surface area contributed by atoms with Gasteiger partial charge in [-0.3, -0.25) is 9.59 Å². The average molecular weight is 366 g/mol. The van der Waals surface area contributed by atoms with E-state index >= 15 is 0 Å². The van der Waals surface area contributed by atoms with Gasteiger partial charge in [0.25, 0.3) is 5.91 Å². The summed E-state index contributed by atoms with van der Waals surface area (Å²) in [5.41, 5.74) is 6.52. The predicted octanol–water partition coefficient (Wildman–Crippen LogP) is 2.68. The van der Waals surface area contributed by atoms with Gasteiger partial charge in [-0.1, -0.05) is 39.3 Å². The third-order valence-corrected chi connectivity index (χ3v) is 5.20. The monoisotopic (exact) mass is 365 g/mol. The quantitative estimate of drug-likeness (QED) is 0.861. The van der Waals surface area contributed by atoms with Crippen LogP contribution < -0.4 is 11.1 Å². The molecule has 1 aliphatic rings. The predicted molar refractivity (Wildman–Crippen MR) is 100 cm³/mol. The van der Waals surface area contributed by atoms with E-state index in [1.165, 1.54) is 0 Å². The highest BCUT2D eigenvalue weighted by Crippen LogP contribution is 2.28. The first-order valence-electron chi connectivity index (χ1n) is 8.72. The SMILES string of the molecule is CC(C)C(NC(=O)c1ccc(Cl)cc1)C(=O)N1CCC(N)C(C)(C)C1. The van der Waals surface area contributed by atoms with E-state index in [4.69, 9.17) is 17.3 Å². The minimum absolute atomic E-state index is 0.0116. The third kappa shape index (κ3) is 4.73. The minimum atomic E-state index is -0.562. The van der Waals surface area contributed by atoms with Crippen molar-refractivity contribution in [1.82, 2.24) is 10.2 Å². The first-order chi connectivity index (χ1) is 11.6. The molecule has 0 saturated carbocycles. The number of hydrogen-bond acceptors (Lipinski definition) is 3. The molecule has 0 aromatic heterocycles. The fourth-order valence-electron chi connectivity index (χ4n) is 3.10. The van der Waals surface area contributed by atoms with Crippen molar-refractivity contribution in [3.05, 3.63) is 34.9 Å². The lowest BCUT2D eigenvalue weighted by molar-refractivity contribution is -0.137. The number of benzene rings is 1. The summed E-state index contributed by atoms with van der Waals surface area (Å²) in [6.45, 7) is 9.26.